The summed E-state index contributed by atoms with van der Waals surface area (Å²) >= 11 is 0. The Morgan fingerprint density at radius 2 is 1.74 bits per heavy atom. The van der Waals surface area contributed by atoms with E-state index in [4.69, 9.17) is 0 Å². The van der Waals surface area contributed by atoms with Crippen molar-refractivity contribution in [1.82, 2.24) is 25.5 Å². The number of carbonyl (C=O) groups is 4. The van der Waals surface area contributed by atoms with Gasteiger partial charge >= 0.3 is 0 Å². The maximum atomic E-state index is 14.1. The highest BCUT2D eigenvalue weighted by molar-refractivity contribution is 5.92. The largest absolute Gasteiger partial charge is 0.389 e. The molecule has 0 spiro atoms. The summed E-state index contributed by atoms with van der Waals surface area (Å²) in [5, 5.41) is 17.5. The second-order valence-electron chi connectivity index (χ2n) is 14.3. The molecule has 2 heterocycles. The fourth-order valence-electron chi connectivity index (χ4n) is 6.59. The van der Waals surface area contributed by atoms with Crippen molar-refractivity contribution in [2.24, 2.45) is 17.3 Å². The lowest BCUT2D eigenvalue weighted by Crippen LogP contribution is -2.56. The predicted octanol–water partition coefficient (Wildman–Crippen LogP) is 4.13. The number of aromatic amines is 1. The molecule has 0 unspecified atom stereocenters. The number of piperidine rings is 1. The number of β-amino-alcohol motifs (C(OH)–C–C–N with tert-alkyl or cyclic N) is 1. The van der Waals surface area contributed by atoms with Crippen LogP contribution >= 0.6 is 0 Å². The molecule has 1 aliphatic carbocycles. The minimum absolute atomic E-state index is 0.0268. The minimum Gasteiger partial charge on any atom is -0.389 e. The van der Waals surface area contributed by atoms with Crippen LogP contribution in [-0.4, -0.2) is 74.8 Å². The number of nitrogens with zero attached hydrogens (tertiary/aromatic N) is 2. The third-order valence-electron chi connectivity index (χ3n) is 9.51. The Hall–Kier alpha value is -3.53. The number of H-pyrrole nitrogens is 1. The normalized spacial score (nSPS) is 18.8. The van der Waals surface area contributed by atoms with Crippen molar-refractivity contribution in [3.8, 4) is 0 Å². The number of aromatic nitrogens is 2. The van der Waals surface area contributed by atoms with E-state index in [2.05, 4.69) is 20.6 Å². The van der Waals surface area contributed by atoms with Gasteiger partial charge < -0.3 is 25.6 Å². The number of likely N-dealkylation sites (tertiary alicyclic amines) is 1. The van der Waals surface area contributed by atoms with Gasteiger partial charge in [0.1, 0.15) is 11.8 Å². The lowest BCUT2D eigenvalue weighted by molar-refractivity contribution is -0.136. The SMILES string of the molecule is CC(C)(C)C(=O)C[C@@H](Cc1ccccc1)C(=O)N[C@@H](Cc1cnc[nH]1)C(=O)N[C@@H](CC1CCCCC1)[C@@H](O)CN1CCCCC1=O. The third kappa shape index (κ3) is 10.8. The second-order valence-corrected chi connectivity index (χ2v) is 14.3. The van der Waals surface area contributed by atoms with E-state index in [9.17, 15) is 24.3 Å². The van der Waals surface area contributed by atoms with Gasteiger partial charge in [-0.3, -0.25) is 19.2 Å². The molecule has 1 saturated heterocycles. The number of aliphatic hydroxyl groups is 1. The number of amides is 3. The average molecular weight is 636 g/mol. The predicted molar refractivity (Wildman–Crippen MR) is 176 cm³/mol. The van der Waals surface area contributed by atoms with E-state index >= 15 is 0 Å². The molecule has 10 heteroatoms. The first-order chi connectivity index (χ1) is 22.0. The standard InChI is InChI=1S/C36H53N5O5/c1-36(2,3)32(43)20-27(18-25-12-6-4-7-13-25)34(45)40-30(21-28-22-37-24-38-28)35(46)39-29(19-26-14-8-5-9-15-26)31(42)23-41-17-11-10-16-33(41)44/h4,6-7,12-13,22,24,26-27,29-31,42H,5,8-11,14-21,23H2,1-3H3,(H,37,38)(H,39,46)(H,40,45)/t27-,29+,30+,31+/m1/s1. The van der Waals surface area contributed by atoms with E-state index in [1.807, 2.05) is 51.1 Å². The molecule has 0 bridgehead atoms. The zero-order valence-corrected chi connectivity index (χ0v) is 27.8. The molecule has 4 N–H and O–H groups in total. The Morgan fingerprint density at radius 3 is 2.39 bits per heavy atom. The van der Waals surface area contributed by atoms with E-state index in [-0.39, 0.29) is 37.0 Å². The van der Waals surface area contributed by atoms with Gasteiger partial charge in [-0.05, 0) is 37.2 Å². The fourth-order valence-corrected chi connectivity index (χ4v) is 6.59. The number of imidazole rings is 1. The summed E-state index contributed by atoms with van der Waals surface area (Å²) in [7, 11) is 0. The zero-order chi connectivity index (χ0) is 33.1. The monoisotopic (exact) mass is 635 g/mol. The van der Waals surface area contributed by atoms with Crippen LogP contribution in [-0.2, 0) is 32.0 Å². The lowest BCUT2D eigenvalue weighted by Gasteiger charge is -2.35. The topological polar surface area (TPSA) is 144 Å². The molecule has 1 saturated carbocycles. The zero-order valence-electron chi connectivity index (χ0n) is 27.8. The van der Waals surface area contributed by atoms with Crippen LogP contribution in [0.3, 0.4) is 0 Å². The molecule has 4 atom stereocenters. The average Bonchev–Trinajstić information content (AvgIpc) is 3.55. The Kier molecular flexibility index (Phi) is 12.9. The molecule has 2 aromatic rings. The van der Waals surface area contributed by atoms with Gasteiger partial charge in [0.2, 0.25) is 17.7 Å². The second kappa shape index (κ2) is 16.9. The Morgan fingerprint density at radius 1 is 1.00 bits per heavy atom. The van der Waals surface area contributed by atoms with Crippen LogP contribution in [0.15, 0.2) is 42.9 Å². The highest BCUT2D eigenvalue weighted by Gasteiger charge is 2.34. The highest BCUT2D eigenvalue weighted by Crippen LogP contribution is 2.29. The van der Waals surface area contributed by atoms with Crippen molar-refractivity contribution >= 4 is 23.5 Å². The number of hydrogen-bond acceptors (Lipinski definition) is 6. The van der Waals surface area contributed by atoms with Crippen molar-refractivity contribution in [3.05, 3.63) is 54.1 Å². The molecule has 46 heavy (non-hydrogen) atoms. The van der Waals surface area contributed by atoms with Crippen LogP contribution in [0.5, 0.6) is 0 Å². The quantitative estimate of drug-likeness (QED) is 0.232. The van der Waals surface area contributed by atoms with Crippen LogP contribution < -0.4 is 10.6 Å². The number of rotatable bonds is 15. The molecule has 2 aliphatic rings. The molecular weight excluding hydrogens is 582 g/mol. The number of nitrogens with one attached hydrogen (secondary N) is 3. The van der Waals surface area contributed by atoms with Gasteiger partial charge in [-0.1, -0.05) is 83.2 Å². The van der Waals surface area contributed by atoms with Gasteiger partial charge in [0.05, 0.1) is 18.5 Å². The molecule has 10 nitrogen and oxygen atoms in total. The first-order valence-corrected chi connectivity index (χ1v) is 17.1. The number of aliphatic hydroxyl groups excluding tert-OH is 1. The Bertz CT molecular complexity index is 1270. The van der Waals surface area contributed by atoms with Crippen LogP contribution in [0, 0.1) is 17.3 Å². The lowest BCUT2D eigenvalue weighted by atomic mass is 9.83. The molecule has 1 aromatic heterocycles. The smallest absolute Gasteiger partial charge is 0.243 e. The maximum absolute atomic E-state index is 14.1. The fraction of sp³-hybridized carbons (Fsp3) is 0.639. The molecule has 4 rings (SSSR count). The van der Waals surface area contributed by atoms with Crippen LogP contribution in [0.1, 0.15) is 96.2 Å². The van der Waals surface area contributed by atoms with Gasteiger partial charge in [-0.15, -0.1) is 0 Å². The summed E-state index contributed by atoms with van der Waals surface area (Å²) < 4.78 is 0. The van der Waals surface area contributed by atoms with Gasteiger partial charge in [0, 0.05) is 55.6 Å². The van der Waals surface area contributed by atoms with Crippen molar-refractivity contribution in [2.75, 3.05) is 13.1 Å². The van der Waals surface area contributed by atoms with E-state index in [0.717, 1.165) is 44.1 Å². The minimum atomic E-state index is -0.964. The number of hydrogen-bond donors (Lipinski definition) is 4. The number of benzene rings is 1. The molecule has 3 amide bonds. The molecular formula is C36H53N5O5. The molecule has 252 valence electrons. The summed E-state index contributed by atoms with van der Waals surface area (Å²) in [6.45, 7) is 6.31. The summed E-state index contributed by atoms with van der Waals surface area (Å²) in [5.41, 5.74) is 0.996. The number of ketones is 1. The molecule has 0 radical (unpaired) electrons. The molecule has 2 fully saturated rings. The maximum Gasteiger partial charge on any atom is 0.243 e. The summed E-state index contributed by atoms with van der Waals surface area (Å²) in [4.78, 5) is 62.5. The van der Waals surface area contributed by atoms with Gasteiger partial charge in [0.25, 0.3) is 0 Å². The number of Topliss-reactive ketones (excluding diaryl/α,β-unsaturated/α-hetero) is 1. The summed E-state index contributed by atoms with van der Waals surface area (Å²) in [6, 6.07) is 8.03. The molecule has 1 aromatic carbocycles. The first kappa shape index (κ1) is 35.3. The molecule has 1 aliphatic heterocycles. The van der Waals surface area contributed by atoms with Crippen LogP contribution in [0.4, 0.5) is 0 Å². The van der Waals surface area contributed by atoms with Crippen molar-refractivity contribution in [2.45, 2.75) is 116 Å². The van der Waals surface area contributed by atoms with Gasteiger partial charge in [0.15, 0.2) is 0 Å². The number of carbonyl (C=O) groups excluding carboxylic acids is 4. The third-order valence-corrected chi connectivity index (χ3v) is 9.51. The van der Waals surface area contributed by atoms with Crippen LogP contribution in [0.25, 0.3) is 0 Å². The van der Waals surface area contributed by atoms with E-state index in [0.29, 0.717) is 37.4 Å². The Balaban J connectivity index is 1.54. The Labute approximate surface area is 273 Å². The first-order valence-electron chi connectivity index (χ1n) is 17.1. The van der Waals surface area contributed by atoms with Crippen LogP contribution in [0.2, 0.25) is 0 Å². The van der Waals surface area contributed by atoms with Crippen molar-refractivity contribution in [1.29, 1.82) is 0 Å². The van der Waals surface area contributed by atoms with Gasteiger partial charge in [-0.2, -0.15) is 0 Å². The van der Waals surface area contributed by atoms with Crippen molar-refractivity contribution < 1.29 is 24.3 Å². The van der Waals surface area contributed by atoms with E-state index in [1.165, 1.54) is 12.7 Å². The summed E-state index contributed by atoms with van der Waals surface area (Å²) in [5.74, 6) is -1.07. The summed E-state index contributed by atoms with van der Waals surface area (Å²) in [6.07, 6.45) is 11.2. The highest BCUT2D eigenvalue weighted by atomic mass is 16.3. The van der Waals surface area contributed by atoms with Gasteiger partial charge in [-0.25, -0.2) is 4.98 Å². The van der Waals surface area contributed by atoms with E-state index in [1.54, 1.807) is 11.1 Å². The van der Waals surface area contributed by atoms with E-state index < -0.39 is 35.4 Å². The van der Waals surface area contributed by atoms with Crippen molar-refractivity contribution in [3.63, 3.8) is 0 Å².